The van der Waals surface area contributed by atoms with Gasteiger partial charge in [0.1, 0.15) is 11.4 Å². The molecule has 0 radical (unpaired) electrons. The largest absolute Gasteiger partial charge is 0.424 e. The maximum absolute atomic E-state index is 8.55. The number of aromatic nitrogens is 2. The summed E-state index contributed by atoms with van der Waals surface area (Å²) in [7, 11) is 0. The molecule has 1 aromatic heterocycles. The number of amidine groups is 1. The molecule has 92 valence electrons. The molecule has 0 aliphatic heterocycles. The summed E-state index contributed by atoms with van der Waals surface area (Å²) in [5.74, 6) is 0.425. The zero-order valence-corrected chi connectivity index (χ0v) is 9.87. The van der Waals surface area contributed by atoms with E-state index in [0.717, 1.165) is 0 Å². The summed E-state index contributed by atoms with van der Waals surface area (Å²) in [5, 5.41) is 12.0. The van der Waals surface area contributed by atoms with Gasteiger partial charge in [0.25, 0.3) is 0 Å². The second kappa shape index (κ2) is 5.33. The van der Waals surface area contributed by atoms with Crippen molar-refractivity contribution in [3.05, 3.63) is 47.2 Å². The molecule has 0 aliphatic carbocycles. The fraction of sp³-hybridized carbons (Fsp3) is 0. The van der Waals surface area contributed by atoms with Crippen LogP contribution in [0.5, 0.6) is 11.8 Å². The predicted octanol–water partition coefficient (Wildman–Crippen LogP) is 2.02. The molecule has 1 heterocycles. The maximum atomic E-state index is 8.55. The third kappa shape index (κ3) is 2.86. The molecule has 0 unspecified atom stereocenters. The van der Waals surface area contributed by atoms with Crippen molar-refractivity contribution in [2.45, 2.75) is 0 Å². The van der Waals surface area contributed by atoms with E-state index in [9.17, 15) is 0 Å². The van der Waals surface area contributed by atoms with Crippen LogP contribution >= 0.6 is 11.6 Å². The minimum atomic E-state index is -0.113. The molecule has 0 saturated heterocycles. The van der Waals surface area contributed by atoms with E-state index in [1.807, 2.05) is 0 Å². The number of oxime groups is 1. The minimum Gasteiger partial charge on any atom is -0.424 e. The summed E-state index contributed by atoms with van der Waals surface area (Å²) in [4.78, 5) is 7.89. The van der Waals surface area contributed by atoms with Gasteiger partial charge in [0.05, 0.1) is 0 Å². The zero-order chi connectivity index (χ0) is 13.0. The predicted molar refractivity (Wildman–Crippen MR) is 66.1 cm³/mol. The molecule has 18 heavy (non-hydrogen) atoms. The van der Waals surface area contributed by atoms with Gasteiger partial charge in [-0.15, -0.1) is 0 Å². The topological polar surface area (TPSA) is 93.6 Å². The van der Waals surface area contributed by atoms with Crippen LogP contribution in [0.25, 0.3) is 0 Å². The monoisotopic (exact) mass is 264 g/mol. The Morgan fingerprint density at radius 2 is 2.00 bits per heavy atom. The van der Waals surface area contributed by atoms with Crippen molar-refractivity contribution in [3.8, 4) is 11.8 Å². The van der Waals surface area contributed by atoms with Crippen LogP contribution in [0.15, 0.2) is 41.7 Å². The minimum absolute atomic E-state index is 0.0985. The van der Waals surface area contributed by atoms with Crippen LogP contribution in [-0.4, -0.2) is 21.0 Å². The van der Waals surface area contributed by atoms with E-state index in [0.29, 0.717) is 10.8 Å². The highest BCUT2D eigenvalue weighted by molar-refractivity contribution is 6.30. The number of halogens is 1. The van der Waals surface area contributed by atoms with E-state index in [-0.39, 0.29) is 17.5 Å². The molecular weight excluding hydrogens is 256 g/mol. The first-order chi connectivity index (χ1) is 8.69. The molecule has 3 N–H and O–H groups in total. The summed E-state index contributed by atoms with van der Waals surface area (Å²) >= 11 is 5.75. The van der Waals surface area contributed by atoms with Crippen molar-refractivity contribution in [1.82, 2.24) is 9.97 Å². The molecule has 7 heteroatoms. The Bertz CT molecular complexity index is 572. The second-order valence-corrected chi connectivity index (χ2v) is 3.70. The van der Waals surface area contributed by atoms with E-state index >= 15 is 0 Å². The summed E-state index contributed by atoms with van der Waals surface area (Å²) in [5.41, 5.74) is 5.69. The number of hydrogen-bond donors (Lipinski definition) is 2. The Morgan fingerprint density at radius 3 is 2.67 bits per heavy atom. The fourth-order valence-electron chi connectivity index (χ4n) is 1.19. The van der Waals surface area contributed by atoms with E-state index in [1.165, 1.54) is 12.3 Å². The van der Waals surface area contributed by atoms with Gasteiger partial charge in [-0.2, -0.15) is 4.98 Å². The molecule has 0 spiro atoms. The number of nitrogens with zero attached hydrogens (tertiary/aromatic N) is 3. The van der Waals surface area contributed by atoms with Crippen molar-refractivity contribution in [2.75, 3.05) is 0 Å². The lowest BCUT2D eigenvalue weighted by Crippen LogP contribution is -2.15. The quantitative estimate of drug-likeness (QED) is 0.383. The average Bonchev–Trinajstić information content (AvgIpc) is 2.41. The molecular formula is C11H9ClN4O2. The van der Waals surface area contributed by atoms with E-state index < -0.39 is 0 Å². The first-order valence-electron chi connectivity index (χ1n) is 4.93. The average molecular weight is 265 g/mol. The number of rotatable bonds is 3. The van der Waals surface area contributed by atoms with Crippen LogP contribution in [0.4, 0.5) is 0 Å². The van der Waals surface area contributed by atoms with Gasteiger partial charge in [-0.05, 0) is 30.3 Å². The molecule has 0 saturated carbocycles. The highest BCUT2D eigenvalue weighted by atomic mass is 35.5. The van der Waals surface area contributed by atoms with Gasteiger partial charge in [0.15, 0.2) is 5.84 Å². The van der Waals surface area contributed by atoms with Gasteiger partial charge in [-0.1, -0.05) is 16.8 Å². The SMILES string of the molecule is N/C(=N/O)c1ccnc(Oc2ccc(Cl)cc2)n1. The van der Waals surface area contributed by atoms with E-state index in [1.54, 1.807) is 24.3 Å². The molecule has 0 amide bonds. The maximum Gasteiger partial charge on any atom is 0.322 e. The summed E-state index contributed by atoms with van der Waals surface area (Å²) in [6.07, 6.45) is 1.45. The first-order valence-corrected chi connectivity index (χ1v) is 5.31. The van der Waals surface area contributed by atoms with Crippen LogP contribution in [-0.2, 0) is 0 Å². The van der Waals surface area contributed by atoms with Crippen LogP contribution in [0.1, 0.15) is 5.69 Å². The van der Waals surface area contributed by atoms with E-state index in [2.05, 4.69) is 15.1 Å². The Morgan fingerprint density at radius 1 is 1.28 bits per heavy atom. The first kappa shape index (κ1) is 12.1. The van der Waals surface area contributed by atoms with E-state index in [4.69, 9.17) is 27.3 Å². The number of benzene rings is 1. The highest BCUT2D eigenvalue weighted by Crippen LogP contribution is 2.20. The van der Waals surface area contributed by atoms with Gasteiger partial charge in [-0.25, -0.2) is 4.98 Å². The van der Waals surface area contributed by atoms with Crippen molar-refractivity contribution in [2.24, 2.45) is 10.9 Å². The summed E-state index contributed by atoms with van der Waals surface area (Å²) < 4.78 is 5.40. The fourth-order valence-corrected chi connectivity index (χ4v) is 1.32. The second-order valence-electron chi connectivity index (χ2n) is 3.27. The van der Waals surface area contributed by atoms with Crippen LogP contribution < -0.4 is 10.5 Å². The number of nitrogens with two attached hydrogens (primary N) is 1. The van der Waals surface area contributed by atoms with Crippen LogP contribution in [0, 0.1) is 0 Å². The third-order valence-electron chi connectivity index (χ3n) is 2.03. The van der Waals surface area contributed by atoms with Crippen LogP contribution in [0.3, 0.4) is 0 Å². The molecule has 2 rings (SSSR count). The Kier molecular flexibility index (Phi) is 3.59. The normalized spacial score (nSPS) is 11.3. The lowest BCUT2D eigenvalue weighted by molar-refractivity contribution is 0.318. The third-order valence-corrected chi connectivity index (χ3v) is 2.28. The molecule has 6 nitrogen and oxygen atoms in total. The van der Waals surface area contributed by atoms with Gasteiger partial charge in [0, 0.05) is 11.2 Å². The molecule has 0 aliphatic rings. The van der Waals surface area contributed by atoms with Gasteiger partial charge in [0.2, 0.25) is 0 Å². The Hall–Kier alpha value is -2.34. The van der Waals surface area contributed by atoms with Gasteiger partial charge >= 0.3 is 6.01 Å². The van der Waals surface area contributed by atoms with Crippen LogP contribution in [0.2, 0.25) is 5.02 Å². The molecule has 0 atom stereocenters. The highest BCUT2D eigenvalue weighted by Gasteiger charge is 2.05. The number of ether oxygens (including phenoxy) is 1. The lowest BCUT2D eigenvalue weighted by Gasteiger charge is -2.04. The van der Waals surface area contributed by atoms with Crippen molar-refractivity contribution in [1.29, 1.82) is 0 Å². The Labute approximate surface area is 108 Å². The van der Waals surface area contributed by atoms with Crippen molar-refractivity contribution >= 4 is 17.4 Å². The summed E-state index contributed by atoms with van der Waals surface area (Å²) in [6, 6.07) is 8.34. The molecule has 0 bridgehead atoms. The number of hydrogen-bond acceptors (Lipinski definition) is 5. The summed E-state index contributed by atoms with van der Waals surface area (Å²) in [6.45, 7) is 0. The molecule has 1 aromatic carbocycles. The zero-order valence-electron chi connectivity index (χ0n) is 9.12. The smallest absolute Gasteiger partial charge is 0.322 e. The van der Waals surface area contributed by atoms with Crippen molar-refractivity contribution in [3.63, 3.8) is 0 Å². The standard InChI is InChI=1S/C11H9ClN4O2/c12-7-1-3-8(4-2-7)18-11-14-6-5-9(15-11)10(13)16-17/h1-6,17H,(H2,13,16). The Balaban J connectivity index is 2.22. The molecule has 2 aromatic rings. The lowest BCUT2D eigenvalue weighted by atomic mass is 10.3. The molecule has 0 fully saturated rings. The van der Waals surface area contributed by atoms with Gasteiger partial charge in [-0.3, -0.25) is 0 Å². The van der Waals surface area contributed by atoms with Crippen molar-refractivity contribution < 1.29 is 9.94 Å². The van der Waals surface area contributed by atoms with Gasteiger partial charge < -0.3 is 15.7 Å².